The topological polar surface area (TPSA) is 12.5 Å². The zero-order valence-electron chi connectivity index (χ0n) is 8.15. The summed E-state index contributed by atoms with van der Waals surface area (Å²) in [5.41, 5.74) is 1.31. The van der Waals surface area contributed by atoms with Crippen LogP contribution in [0.15, 0.2) is 24.3 Å². The van der Waals surface area contributed by atoms with E-state index in [1.165, 1.54) is 10.0 Å². The first-order chi connectivity index (χ1) is 6.90. The molecule has 0 unspecified atom stereocenters. The number of benzene rings is 1. The Labute approximate surface area is 91.1 Å². The average Bonchev–Trinajstić information content (AvgIpc) is 2.30. The third-order valence-electron chi connectivity index (χ3n) is 2.41. The van der Waals surface area contributed by atoms with Crippen LogP contribution >= 0.6 is 0 Å². The fraction of sp³-hybridized carbons (Fsp3) is 0.364. The quantitative estimate of drug-likeness (QED) is 0.700. The number of morpholine rings is 1. The first kappa shape index (κ1) is 9.94. The van der Waals surface area contributed by atoms with Crippen LogP contribution < -0.4 is 9.25 Å². The minimum absolute atomic E-state index is 0.115. The average molecular weight is 251 g/mol. The molecule has 0 bridgehead atoms. The van der Waals surface area contributed by atoms with E-state index < -0.39 is 0 Å². The molecule has 1 saturated heterocycles. The molecule has 0 aliphatic carbocycles. The van der Waals surface area contributed by atoms with Crippen molar-refractivity contribution in [1.29, 1.82) is 0 Å². The van der Waals surface area contributed by atoms with Gasteiger partial charge < -0.3 is 0 Å². The molecule has 2 rings (SSSR count). The molecule has 1 heterocycles. The van der Waals surface area contributed by atoms with E-state index in [9.17, 15) is 0 Å². The molecule has 0 N–H and O–H groups in total. The minimum atomic E-state index is 0.115. The second-order valence-electron chi connectivity index (χ2n) is 3.27. The monoisotopic (exact) mass is 251 g/mol. The van der Waals surface area contributed by atoms with E-state index in [1.807, 2.05) is 0 Å². The van der Waals surface area contributed by atoms with E-state index in [2.05, 4.69) is 34.5 Å². The summed E-state index contributed by atoms with van der Waals surface area (Å²) in [5.74, 6) is 0. The van der Waals surface area contributed by atoms with Crippen molar-refractivity contribution in [2.75, 3.05) is 31.2 Å². The van der Waals surface area contributed by atoms with Gasteiger partial charge in [-0.3, -0.25) is 0 Å². The molecule has 0 saturated carbocycles. The van der Waals surface area contributed by atoms with Gasteiger partial charge >= 0.3 is 90.9 Å². The van der Waals surface area contributed by atoms with Gasteiger partial charge in [-0.25, -0.2) is 0 Å². The van der Waals surface area contributed by atoms with Crippen molar-refractivity contribution in [1.82, 2.24) is 0 Å². The van der Waals surface area contributed by atoms with Crippen LogP contribution in [0.5, 0.6) is 0 Å². The number of rotatable bonds is 2. The van der Waals surface area contributed by atoms with Crippen molar-refractivity contribution in [3.05, 3.63) is 24.3 Å². The van der Waals surface area contributed by atoms with Gasteiger partial charge in [0, 0.05) is 0 Å². The Hall–Kier alpha value is -0.592. The van der Waals surface area contributed by atoms with E-state index in [0.29, 0.717) is 0 Å². The molecule has 1 aliphatic heterocycles. The summed E-state index contributed by atoms with van der Waals surface area (Å²) in [6.45, 7) is 3.72. The van der Waals surface area contributed by atoms with Crippen molar-refractivity contribution >= 4 is 30.7 Å². The van der Waals surface area contributed by atoms with E-state index in [0.717, 1.165) is 26.3 Å². The van der Waals surface area contributed by atoms with E-state index >= 15 is 0 Å². The second-order valence-corrected chi connectivity index (χ2v) is 5.02. The summed E-state index contributed by atoms with van der Waals surface area (Å²) < 4.78 is 6.71. The molecule has 14 heavy (non-hydrogen) atoms. The number of ether oxygens (including phenoxy) is 1. The Morgan fingerprint density at radius 2 is 1.79 bits per heavy atom. The van der Waals surface area contributed by atoms with Crippen molar-refractivity contribution in [3.8, 4) is 0 Å². The second kappa shape index (κ2) is 4.77. The zero-order valence-corrected chi connectivity index (χ0v) is 10.0. The number of hydrogen-bond donors (Lipinski definition) is 0. The Morgan fingerprint density at radius 3 is 2.36 bits per heavy atom. The van der Waals surface area contributed by atoms with Gasteiger partial charge in [0.2, 0.25) is 0 Å². The molecule has 0 atom stereocenters. The zero-order chi connectivity index (χ0) is 9.80. The fourth-order valence-electron chi connectivity index (χ4n) is 1.59. The van der Waals surface area contributed by atoms with Crippen LogP contribution in [0, 0.1) is 0 Å². The predicted octanol–water partition coefficient (Wildman–Crippen LogP) is 0.285. The van der Waals surface area contributed by atoms with Crippen molar-refractivity contribution in [3.63, 3.8) is 0 Å². The standard InChI is InChI=1S/C11H14AsNO/c1-12-10-2-4-11(5-3-10)13-6-8-14-9-7-13/h2-5H,1,6-9H2. The van der Waals surface area contributed by atoms with E-state index in [-0.39, 0.29) is 15.3 Å². The Bertz CT molecular complexity index is 304. The van der Waals surface area contributed by atoms with Gasteiger partial charge in [-0.15, -0.1) is 0 Å². The Kier molecular flexibility index (Phi) is 3.39. The van der Waals surface area contributed by atoms with E-state index in [4.69, 9.17) is 4.74 Å². The first-order valence-electron chi connectivity index (χ1n) is 4.79. The van der Waals surface area contributed by atoms with Crippen LogP contribution in [0.3, 0.4) is 0 Å². The molecular formula is C11H14AsNO. The summed E-state index contributed by atoms with van der Waals surface area (Å²) in [5, 5.41) is 3.96. The molecule has 2 nitrogen and oxygen atoms in total. The molecule has 3 heteroatoms. The van der Waals surface area contributed by atoms with Crippen molar-refractivity contribution in [2.24, 2.45) is 0 Å². The third-order valence-corrected chi connectivity index (χ3v) is 3.80. The van der Waals surface area contributed by atoms with Crippen molar-refractivity contribution in [2.45, 2.75) is 0 Å². The summed E-state index contributed by atoms with van der Waals surface area (Å²) in [6.07, 6.45) is 0. The van der Waals surface area contributed by atoms with Crippen LogP contribution in [-0.2, 0) is 4.74 Å². The molecule has 0 amide bonds. The Balaban J connectivity index is 2.11. The van der Waals surface area contributed by atoms with Crippen LogP contribution in [0.25, 0.3) is 0 Å². The number of nitrogens with zero attached hydrogens (tertiary/aromatic N) is 1. The van der Waals surface area contributed by atoms with Crippen LogP contribution in [-0.4, -0.2) is 46.9 Å². The SMILES string of the molecule is C=[As]c1ccc(N2CCOCC2)cc1. The maximum absolute atomic E-state index is 5.32. The maximum atomic E-state index is 5.32. The first-order valence-corrected chi connectivity index (χ1v) is 7.06. The molecule has 1 aromatic rings. The van der Waals surface area contributed by atoms with Crippen LogP contribution in [0.1, 0.15) is 0 Å². The predicted molar refractivity (Wildman–Crippen MR) is 62.0 cm³/mol. The molecule has 1 aliphatic rings. The molecule has 1 aromatic carbocycles. The van der Waals surface area contributed by atoms with Gasteiger partial charge in [0.15, 0.2) is 0 Å². The van der Waals surface area contributed by atoms with Crippen molar-refractivity contribution < 1.29 is 4.74 Å². The molecule has 0 radical (unpaired) electrons. The summed E-state index contributed by atoms with van der Waals surface area (Å²) in [6, 6.07) is 8.78. The summed E-state index contributed by atoms with van der Waals surface area (Å²) in [7, 11) is 0. The molecule has 1 fully saturated rings. The molecule has 74 valence electrons. The van der Waals surface area contributed by atoms with Crippen LogP contribution in [0.4, 0.5) is 5.69 Å². The van der Waals surface area contributed by atoms with Gasteiger partial charge in [0.1, 0.15) is 0 Å². The summed E-state index contributed by atoms with van der Waals surface area (Å²) in [4.78, 5) is 2.37. The van der Waals surface area contributed by atoms with Gasteiger partial charge in [-0.1, -0.05) is 0 Å². The Morgan fingerprint density at radius 1 is 1.14 bits per heavy atom. The third kappa shape index (κ3) is 2.26. The van der Waals surface area contributed by atoms with Crippen LogP contribution in [0.2, 0.25) is 0 Å². The van der Waals surface area contributed by atoms with E-state index in [1.54, 1.807) is 0 Å². The van der Waals surface area contributed by atoms with Gasteiger partial charge in [0.05, 0.1) is 0 Å². The number of hydrogen-bond acceptors (Lipinski definition) is 2. The molecule has 0 aromatic heterocycles. The van der Waals surface area contributed by atoms with Gasteiger partial charge in [-0.05, 0) is 0 Å². The number of anilines is 1. The molecular weight excluding hydrogens is 237 g/mol. The van der Waals surface area contributed by atoms with Gasteiger partial charge in [-0.2, -0.15) is 0 Å². The van der Waals surface area contributed by atoms with Gasteiger partial charge in [0.25, 0.3) is 0 Å². The molecule has 0 spiro atoms. The summed E-state index contributed by atoms with van der Waals surface area (Å²) >= 11 is 0.115. The normalized spacial score (nSPS) is 17.3. The fourth-order valence-corrected chi connectivity index (χ4v) is 2.35.